The van der Waals surface area contributed by atoms with Crippen molar-refractivity contribution in [1.82, 2.24) is 14.8 Å². The molecule has 3 heteroatoms. The fraction of sp³-hybridized carbons (Fsp3) is 0.818. The SMILES string of the molecule is CCCC(C)(C)c1nnc2n1CCC2. The summed E-state index contributed by atoms with van der Waals surface area (Å²) in [6.45, 7) is 7.88. The maximum Gasteiger partial charge on any atom is 0.138 e. The molecule has 1 aliphatic heterocycles. The lowest BCUT2D eigenvalue weighted by Gasteiger charge is -2.23. The molecule has 78 valence electrons. The summed E-state index contributed by atoms with van der Waals surface area (Å²) in [5, 5.41) is 8.60. The van der Waals surface area contributed by atoms with Crippen molar-refractivity contribution in [2.75, 3.05) is 0 Å². The summed E-state index contributed by atoms with van der Waals surface area (Å²) in [6.07, 6.45) is 4.73. The van der Waals surface area contributed by atoms with Gasteiger partial charge in [-0.1, -0.05) is 27.2 Å². The van der Waals surface area contributed by atoms with Gasteiger partial charge in [-0.15, -0.1) is 10.2 Å². The highest BCUT2D eigenvalue weighted by Crippen LogP contribution is 2.29. The first kappa shape index (κ1) is 9.69. The number of aryl methyl sites for hydroxylation is 1. The van der Waals surface area contributed by atoms with Crippen molar-refractivity contribution in [1.29, 1.82) is 0 Å². The third-order valence-corrected chi connectivity index (χ3v) is 3.09. The van der Waals surface area contributed by atoms with Crippen LogP contribution < -0.4 is 0 Å². The van der Waals surface area contributed by atoms with Crippen LogP contribution in [0, 0.1) is 0 Å². The van der Waals surface area contributed by atoms with Crippen molar-refractivity contribution in [2.45, 2.75) is 58.4 Å². The van der Waals surface area contributed by atoms with Crippen molar-refractivity contribution < 1.29 is 0 Å². The molecule has 0 saturated heterocycles. The minimum atomic E-state index is 0.185. The van der Waals surface area contributed by atoms with E-state index < -0.39 is 0 Å². The van der Waals surface area contributed by atoms with E-state index in [4.69, 9.17) is 0 Å². The Morgan fingerprint density at radius 1 is 1.36 bits per heavy atom. The normalized spacial score (nSPS) is 15.9. The summed E-state index contributed by atoms with van der Waals surface area (Å²) in [6, 6.07) is 0. The Kier molecular flexibility index (Phi) is 2.33. The molecule has 1 aliphatic rings. The van der Waals surface area contributed by atoms with Crippen LogP contribution in [-0.2, 0) is 18.4 Å². The second kappa shape index (κ2) is 3.37. The molecular formula is C11H19N3. The number of aromatic nitrogens is 3. The minimum absolute atomic E-state index is 0.185. The van der Waals surface area contributed by atoms with Gasteiger partial charge in [0.25, 0.3) is 0 Å². The maximum absolute atomic E-state index is 4.34. The summed E-state index contributed by atoms with van der Waals surface area (Å²) in [4.78, 5) is 0. The molecule has 0 N–H and O–H groups in total. The van der Waals surface area contributed by atoms with Gasteiger partial charge in [-0.2, -0.15) is 0 Å². The third kappa shape index (κ3) is 1.45. The highest BCUT2D eigenvalue weighted by Gasteiger charge is 2.29. The molecule has 1 aromatic rings. The van der Waals surface area contributed by atoms with E-state index in [1.807, 2.05) is 0 Å². The number of nitrogens with zero attached hydrogens (tertiary/aromatic N) is 3. The van der Waals surface area contributed by atoms with Gasteiger partial charge in [0.15, 0.2) is 0 Å². The molecule has 2 rings (SSSR count). The molecule has 2 heterocycles. The Labute approximate surface area is 85.5 Å². The fourth-order valence-electron chi connectivity index (χ4n) is 2.39. The molecule has 0 radical (unpaired) electrons. The molecule has 0 saturated carbocycles. The zero-order valence-electron chi connectivity index (χ0n) is 9.38. The second-order valence-corrected chi connectivity index (χ2v) is 4.83. The smallest absolute Gasteiger partial charge is 0.138 e. The summed E-state index contributed by atoms with van der Waals surface area (Å²) in [5.41, 5.74) is 0.185. The average molecular weight is 193 g/mol. The van der Waals surface area contributed by atoms with Gasteiger partial charge in [0, 0.05) is 18.4 Å². The topological polar surface area (TPSA) is 30.7 Å². The molecule has 1 aromatic heterocycles. The van der Waals surface area contributed by atoms with Crippen LogP contribution in [0.1, 0.15) is 51.7 Å². The Bertz CT molecular complexity index is 325. The van der Waals surface area contributed by atoms with Gasteiger partial charge < -0.3 is 4.57 Å². The summed E-state index contributed by atoms with van der Waals surface area (Å²) in [7, 11) is 0. The predicted molar refractivity (Wildman–Crippen MR) is 56.3 cm³/mol. The van der Waals surface area contributed by atoms with Crippen LogP contribution in [0.25, 0.3) is 0 Å². The van der Waals surface area contributed by atoms with E-state index in [1.165, 1.54) is 30.9 Å². The van der Waals surface area contributed by atoms with Gasteiger partial charge in [0.1, 0.15) is 11.6 Å². The van der Waals surface area contributed by atoms with Crippen molar-refractivity contribution >= 4 is 0 Å². The fourth-order valence-corrected chi connectivity index (χ4v) is 2.39. The molecule has 3 nitrogen and oxygen atoms in total. The standard InChI is InChI=1S/C11H19N3/c1-4-7-11(2,3)10-13-12-9-6-5-8-14(9)10/h4-8H2,1-3H3. The number of fused-ring (bicyclic) bond motifs is 1. The largest absolute Gasteiger partial charge is 0.315 e. The van der Waals surface area contributed by atoms with Crippen molar-refractivity contribution in [3.63, 3.8) is 0 Å². The Balaban J connectivity index is 2.32. The summed E-state index contributed by atoms with van der Waals surface area (Å²) in [5.74, 6) is 2.37. The number of hydrogen-bond acceptors (Lipinski definition) is 2. The predicted octanol–water partition coefficient (Wildman–Crippen LogP) is 2.30. The van der Waals surface area contributed by atoms with Crippen molar-refractivity contribution in [3.05, 3.63) is 11.6 Å². The lowest BCUT2D eigenvalue weighted by Crippen LogP contribution is -2.22. The minimum Gasteiger partial charge on any atom is -0.315 e. The monoisotopic (exact) mass is 193 g/mol. The molecule has 0 fully saturated rings. The molecule has 0 aromatic carbocycles. The van der Waals surface area contributed by atoms with Gasteiger partial charge in [-0.25, -0.2) is 0 Å². The third-order valence-electron chi connectivity index (χ3n) is 3.09. The molecule has 0 unspecified atom stereocenters. The van der Waals surface area contributed by atoms with Crippen LogP contribution in [0.5, 0.6) is 0 Å². The van der Waals surface area contributed by atoms with Crippen LogP contribution in [0.3, 0.4) is 0 Å². The Hall–Kier alpha value is -0.860. The van der Waals surface area contributed by atoms with Crippen molar-refractivity contribution in [2.24, 2.45) is 0 Å². The second-order valence-electron chi connectivity index (χ2n) is 4.83. The molecule has 0 amide bonds. The molecule has 0 aliphatic carbocycles. The lowest BCUT2D eigenvalue weighted by molar-refractivity contribution is 0.422. The maximum atomic E-state index is 4.34. The van der Waals surface area contributed by atoms with Crippen LogP contribution >= 0.6 is 0 Å². The first-order valence-electron chi connectivity index (χ1n) is 5.57. The van der Waals surface area contributed by atoms with Gasteiger partial charge in [0.05, 0.1) is 0 Å². The van der Waals surface area contributed by atoms with E-state index in [2.05, 4.69) is 35.5 Å². The van der Waals surface area contributed by atoms with Gasteiger partial charge in [-0.05, 0) is 12.8 Å². The zero-order valence-corrected chi connectivity index (χ0v) is 9.38. The first-order valence-corrected chi connectivity index (χ1v) is 5.57. The summed E-state index contributed by atoms with van der Waals surface area (Å²) < 4.78 is 2.32. The molecule has 0 bridgehead atoms. The van der Waals surface area contributed by atoms with Crippen LogP contribution in [0.15, 0.2) is 0 Å². The van der Waals surface area contributed by atoms with E-state index in [-0.39, 0.29) is 5.41 Å². The average Bonchev–Trinajstić information content (AvgIpc) is 2.60. The van der Waals surface area contributed by atoms with E-state index in [0.29, 0.717) is 0 Å². The summed E-state index contributed by atoms with van der Waals surface area (Å²) >= 11 is 0. The van der Waals surface area contributed by atoms with E-state index in [9.17, 15) is 0 Å². The van der Waals surface area contributed by atoms with Crippen LogP contribution in [-0.4, -0.2) is 14.8 Å². The van der Waals surface area contributed by atoms with E-state index in [0.717, 1.165) is 13.0 Å². The Morgan fingerprint density at radius 3 is 2.86 bits per heavy atom. The van der Waals surface area contributed by atoms with Gasteiger partial charge >= 0.3 is 0 Å². The molecule has 14 heavy (non-hydrogen) atoms. The Morgan fingerprint density at radius 2 is 2.14 bits per heavy atom. The van der Waals surface area contributed by atoms with E-state index in [1.54, 1.807) is 0 Å². The highest BCUT2D eigenvalue weighted by atomic mass is 15.3. The number of rotatable bonds is 3. The quantitative estimate of drug-likeness (QED) is 0.737. The first-order chi connectivity index (χ1) is 6.65. The molecule has 0 spiro atoms. The highest BCUT2D eigenvalue weighted by molar-refractivity contribution is 5.10. The van der Waals surface area contributed by atoms with Crippen LogP contribution in [0.4, 0.5) is 0 Å². The van der Waals surface area contributed by atoms with Crippen molar-refractivity contribution in [3.8, 4) is 0 Å². The van der Waals surface area contributed by atoms with Gasteiger partial charge in [-0.3, -0.25) is 0 Å². The zero-order chi connectivity index (χ0) is 10.2. The molecular weight excluding hydrogens is 174 g/mol. The lowest BCUT2D eigenvalue weighted by atomic mass is 9.87. The van der Waals surface area contributed by atoms with Gasteiger partial charge in [0.2, 0.25) is 0 Å². The number of hydrogen-bond donors (Lipinski definition) is 0. The van der Waals surface area contributed by atoms with E-state index >= 15 is 0 Å². The van der Waals surface area contributed by atoms with Crippen LogP contribution in [0.2, 0.25) is 0 Å². The molecule has 0 atom stereocenters.